The quantitative estimate of drug-likeness (QED) is 0.277. The fraction of sp³-hybridized carbons (Fsp3) is 0.500. The van der Waals surface area contributed by atoms with Crippen molar-refractivity contribution in [1.82, 2.24) is 15.1 Å². The summed E-state index contributed by atoms with van der Waals surface area (Å²) in [7, 11) is 0. The van der Waals surface area contributed by atoms with Gasteiger partial charge in [-0.15, -0.1) is 10.2 Å². The molecule has 0 unspecified atom stereocenters. The summed E-state index contributed by atoms with van der Waals surface area (Å²) >= 11 is 0. The molecule has 8 nitrogen and oxygen atoms in total. The molecule has 3 aromatic rings. The lowest BCUT2D eigenvalue weighted by molar-refractivity contribution is -0.138. The zero-order valence-corrected chi connectivity index (χ0v) is 26.1. The summed E-state index contributed by atoms with van der Waals surface area (Å²) in [6.07, 6.45) is 7.33. The van der Waals surface area contributed by atoms with Crippen LogP contribution in [0.5, 0.6) is 0 Å². The van der Waals surface area contributed by atoms with E-state index in [4.69, 9.17) is 5.73 Å². The Balaban J connectivity index is 1.12. The summed E-state index contributed by atoms with van der Waals surface area (Å²) in [6.45, 7) is 6.04. The molecule has 6 rings (SSSR count). The van der Waals surface area contributed by atoms with Crippen LogP contribution in [0, 0.1) is 11.8 Å². The molecular formula is C36H45N5O3. The first kappa shape index (κ1) is 30.4. The second kappa shape index (κ2) is 12.1. The first-order chi connectivity index (χ1) is 21.0. The monoisotopic (exact) mass is 595 g/mol. The minimum Gasteiger partial charge on any atom is -0.390 e. The third-order valence-electron chi connectivity index (χ3n) is 9.69. The maximum Gasteiger partial charge on any atom is 0.226 e. The van der Waals surface area contributed by atoms with Crippen molar-refractivity contribution in [3.8, 4) is 22.4 Å². The molecule has 0 aliphatic heterocycles. The number of carbonyl (C=O) groups excluding carboxylic acids is 2. The maximum atomic E-state index is 13.2. The van der Waals surface area contributed by atoms with Crippen LogP contribution in [0.4, 0.5) is 5.82 Å². The van der Waals surface area contributed by atoms with Crippen LogP contribution in [0.3, 0.4) is 0 Å². The zero-order valence-electron chi connectivity index (χ0n) is 26.1. The smallest absolute Gasteiger partial charge is 0.226 e. The van der Waals surface area contributed by atoms with Crippen molar-refractivity contribution < 1.29 is 14.7 Å². The summed E-state index contributed by atoms with van der Waals surface area (Å²) < 4.78 is 0. The predicted molar refractivity (Wildman–Crippen MR) is 172 cm³/mol. The summed E-state index contributed by atoms with van der Waals surface area (Å²) in [5.41, 5.74) is 9.80. The van der Waals surface area contributed by atoms with E-state index >= 15 is 0 Å². The Bertz CT molecular complexity index is 1480. The van der Waals surface area contributed by atoms with Crippen molar-refractivity contribution in [3.63, 3.8) is 0 Å². The summed E-state index contributed by atoms with van der Waals surface area (Å²) in [6, 6.07) is 20.4. The Morgan fingerprint density at radius 1 is 0.955 bits per heavy atom. The Morgan fingerprint density at radius 2 is 1.61 bits per heavy atom. The number of carbonyl (C=O) groups is 2. The molecule has 2 amide bonds. The second-order valence-corrected chi connectivity index (χ2v) is 14.0. The molecule has 232 valence electrons. The number of nitrogens with two attached hydrogens (primary N) is 1. The molecular weight excluding hydrogens is 550 g/mol. The fourth-order valence-corrected chi connectivity index (χ4v) is 7.46. The van der Waals surface area contributed by atoms with Gasteiger partial charge in [-0.1, -0.05) is 54.6 Å². The first-order valence-corrected chi connectivity index (χ1v) is 16.2. The number of aliphatic hydroxyl groups is 1. The average molecular weight is 596 g/mol. The van der Waals surface area contributed by atoms with E-state index < -0.39 is 11.1 Å². The molecule has 44 heavy (non-hydrogen) atoms. The minimum absolute atomic E-state index is 0.0572. The molecule has 4 N–H and O–H groups in total. The fourth-order valence-electron chi connectivity index (χ4n) is 7.46. The van der Waals surface area contributed by atoms with Crippen molar-refractivity contribution in [3.05, 3.63) is 66.2 Å². The topological polar surface area (TPSA) is 121 Å². The van der Waals surface area contributed by atoms with Crippen molar-refractivity contribution in [2.24, 2.45) is 17.6 Å². The van der Waals surface area contributed by atoms with Crippen LogP contribution in [0.25, 0.3) is 22.4 Å². The number of nitrogens with zero attached hydrogens (tertiary/aromatic N) is 3. The zero-order chi connectivity index (χ0) is 31.1. The molecule has 0 bridgehead atoms. The number of hydrogen-bond acceptors (Lipinski definition) is 6. The van der Waals surface area contributed by atoms with Gasteiger partial charge in [-0.3, -0.25) is 9.59 Å². The number of nitrogens with one attached hydrogen (secondary N) is 1. The Labute approximate surface area is 260 Å². The largest absolute Gasteiger partial charge is 0.390 e. The second-order valence-electron chi connectivity index (χ2n) is 14.0. The lowest BCUT2D eigenvalue weighted by atomic mass is 9.63. The van der Waals surface area contributed by atoms with E-state index in [1.165, 1.54) is 0 Å². The summed E-state index contributed by atoms with van der Waals surface area (Å²) in [4.78, 5) is 28.2. The van der Waals surface area contributed by atoms with Crippen LogP contribution in [-0.2, 0) is 15.1 Å². The predicted octanol–water partition coefficient (Wildman–Crippen LogP) is 6.04. The van der Waals surface area contributed by atoms with Gasteiger partial charge < -0.3 is 21.1 Å². The number of rotatable bonds is 9. The number of benzene rings is 2. The van der Waals surface area contributed by atoms with Gasteiger partial charge >= 0.3 is 0 Å². The van der Waals surface area contributed by atoms with Crippen LogP contribution < -0.4 is 11.1 Å². The third-order valence-corrected chi connectivity index (χ3v) is 9.69. The molecule has 3 saturated carbocycles. The standard InChI is InChI=1S/C36H45N5O3/c1-23(2)41(34(43)27-11-12-27)29-17-9-24(10-18-29)19-32(42)38-31-20-30(25-7-5-4-6-8-25)33(40-39-31)26-13-15-28(16-14-26)36(37)21-35(3,44)22-36/h4-8,13-16,20,23-24,27,29,44H,9-12,17-19,21-22,37H2,1-3H3,(H,38,39,42)/t24-,29-,35?,36?. The molecule has 3 fully saturated rings. The minimum atomic E-state index is -0.718. The van der Waals surface area contributed by atoms with Crippen molar-refractivity contribution in [1.29, 1.82) is 0 Å². The normalized spacial score (nSPS) is 26.6. The van der Waals surface area contributed by atoms with Crippen LogP contribution in [0.15, 0.2) is 60.7 Å². The molecule has 1 heterocycles. The highest BCUT2D eigenvalue weighted by Crippen LogP contribution is 2.46. The Hall–Kier alpha value is -3.62. The van der Waals surface area contributed by atoms with Crippen LogP contribution in [-0.4, -0.2) is 49.7 Å². The van der Waals surface area contributed by atoms with Gasteiger partial charge in [0, 0.05) is 41.1 Å². The molecule has 0 spiro atoms. The van der Waals surface area contributed by atoms with Gasteiger partial charge in [-0.2, -0.15) is 0 Å². The SMILES string of the molecule is CC(C)N(C(=O)C1CC1)[C@H]1CC[C@H](CC(=O)Nc2cc(-c3ccccc3)c(-c3ccc(C4(N)CC(C)(O)C4)cc3)nn2)CC1. The van der Waals surface area contributed by atoms with Gasteiger partial charge in [-0.05, 0) is 95.2 Å². The van der Waals surface area contributed by atoms with E-state index in [1.54, 1.807) is 0 Å². The van der Waals surface area contributed by atoms with Gasteiger partial charge in [0.2, 0.25) is 11.8 Å². The molecule has 0 atom stereocenters. The van der Waals surface area contributed by atoms with Gasteiger partial charge in [0.15, 0.2) is 5.82 Å². The van der Waals surface area contributed by atoms with E-state index in [-0.39, 0.29) is 23.9 Å². The van der Waals surface area contributed by atoms with Crippen molar-refractivity contribution >= 4 is 17.6 Å². The van der Waals surface area contributed by atoms with Gasteiger partial charge in [-0.25, -0.2) is 0 Å². The number of amides is 2. The van der Waals surface area contributed by atoms with E-state index in [1.807, 2.05) is 67.6 Å². The van der Waals surface area contributed by atoms with E-state index in [9.17, 15) is 14.7 Å². The molecule has 8 heteroatoms. The number of anilines is 1. The van der Waals surface area contributed by atoms with Crippen molar-refractivity contribution in [2.75, 3.05) is 5.32 Å². The van der Waals surface area contributed by atoms with Gasteiger partial charge in [0.05, 0.1) is 5.60 Å². The first-order valence-electron chi connectivity index (χ1n) is 16.2. The highest BCUT2D eigenvalue weighted by Gasteiger charge is 2.49. The summed E-state index contributed by atoms with van der Waals surface area (Å²) in [5, 5.41) is 22.2. The molecule has 0 radical (unpaired) electrons. The molecule has 2 aromatic carbocycles. The van der Waals surface area contributed by atoms with Crippen molar-refractivity contribution in [2.45, 2.75) is 102 Å². The van der Waals surface area contributed by atoms with E-state index in [2.05, 4.69) is 34.3 Å². The van der Waals surface area contributed by atoms with Gasteiger partial charge in [0.25, 0.3) is 0 Å². The highest BCUT2D eigenvalue weighted by atomic mass is 16.3. The van der Waals surface area contributed by atoms with Crippen LogP contribution >= 0.6 is 0 Å². The maximum absolute atomic E-state index is 13.2. The third kappa shape index (κ3) is 6.57. The molecule has 0 saturated heterocycles. The lowest BCUT2D eigenvalue weighted by Crippen LogP contribution is -2.58. The Kier molecular flexibility index (Phi) is 8.33. The van der Waals surface area contributed by atoms with E-state index in [0.29, 0.717) is 36.9 Å². The highest BCUT2D eigenvalue weighted by molar-refractivity contribution is 5.91. The lowest BCUT2D eigenvalue weighted by Gasteiger charge is -2.49. The molecule has 1 aromatic heterocycles. The van der Waals surface area contributed by atoms with Crippen LogP contribution in [0.2, 0.25) is 0 Å². The van der Waals surface area contributed by atoms with Crippen LogP contribution in [0.1, 0.15) is 84.1 Å². The molecule has 3 aliphatic rings. The molecule has 3 aliphatic carbocycles. The van der Waals surface area contributed by atoms with Gasteiger partial charge in [0.1, 0.15) is 5.69 Å². The summed E-state index contributed by atoms with van der Waals surface area (Å²) in [5.74, 6) is 1.22. The average Bonchev–Trinajstić information content (AvgIpc) is 3.83. The number of aromatic nitrogens is 2. The Morgan fingerprint density at radius 3 is 2.20 bits per heavy atom. The van der Waals surface area contributed by atoms with E-state index in [0.717, 1.165) is 66.5 Å². The number of hydrogen-bond donors (Lipinski definition) is 3.